The van der Waals surface area contributed by atoms with Gasteiger partial charge in [0.1, 0.15) is 0 Å². The van der Waals surface area contributed by atoms with Crippen LogP contribution in [0.4, 0.5) is 0 Å². The Balaban J connectivity index is 2.36. The SMILES string of the molecule is CCCC(C)CC1CCCCNC1=O. The Morgan fingerprint density at radius 2 is 2.29 bits per heavy atom. The topological polar surface area (TPSA) is 29.1 Å². The lowest BCUT2D eigenvalue weighted by Gasteiger charge is -2.17. The van der Waals surface area contributed by atoms with Crippen molar-refractivity contribution in [3.63, 3.8) is 0 Å². The fourth-order valence-electron chi connectivity index (χ4n) is 2.32. The molecule has 1 fully saturated rings. The molecule has 1 amide bonds. The first kappa shape index (κ1) is 11.5. The Morgan fingerprint density at radius 3 is 3.00 bits per heavy atom. The third kappa shape index (κ3) is 3.69. The van der Waals surface area contributed by atoms with Crippen molar-refractivity contribution in [1.82, 2.24) is 5.32 Å². The minimum atomic E-state index is 0.291. The van der Waals surface area contributed by atoms with Gasteiger partial charge in [0.2, 0.25) is 5.91 Å². The first-order valence-electron chi connectivity index (χ1n) is 6.01. The van der Waals surface area contributed by atoms with Gasteiger partial charge in [-0.2, -0.15) is 0 Å². The summed E-state index contributed by atoms with van der Waals surface area (Å²) < 4.78 is 0. The largest absolute Gasteiger partial charge is 0.356 e. The summed E-state index contributed by atoms with van der Waals surface area (Å²) in [6.45, 7) is 5.36. The van der Waals surface area contributed by atoms with Crippen LogP contribution in [-0.2, 0) is 4.79 Å². The average Bonchev–Trinajstić information content (AvgIpc) is 2.33. The van der Waals surface area contributed by atoms with Gasteiger partial charge in [0, 0.05) is 12.5 Å². The van der Waals surface area contributed by atoms with Crippen molar-refractivity contribution in [3.8, 4) is 0 Å². The van der Waals surface area contributed by atoms with Crippen molar-refractivity contribution in [2.45, 2.75) is 52.4 Å². The number of carbonyl (C=O) groups is 1. The zero-order chi connectivity index (χ0) is 10.4. The van der Waals surface area contributed by atoms with Crippen LogP contribution in [0, 0.1) is 11.8 Å². The van der Waals surface area contributed by atoms with E-state index < -0.39 is 0 Å². The standard InChI is InChI=1S/C12H23NO/c1-3-6-10(2)9-11-7-4-5-8-13-12(11)14/h10-11H,3-9H2,1-2H3,(H,13,14). The van der Waals surface area contributed by atoms with E-state index in [1.165, 1.54) is 19.3 Å². The molecular weight excluding hydrogens is 174 g/mol. The molecule has 2 atom stereocenters. The first-order valence-corrected chi connectivity index (χ1v) is 6.01. The molecule has 2 unspecified atom stereocenters. The summed E-state index contributed by atoms with van der Waals surface area (Å²) in [6.07, 6.45) is 7.03. The molecule has 1 N–H and O–H groups in total. The predicted octanol–water partition coefficient (Wildman–Crippen LogP) is 2.73. The van der Waals surface area contributed by atoms with Crippen LogP contribution in [0.15, 0.2) is 0 Å². The molecule has 0 saturated carbocycles. The van der Waals surface area contributed by atoms with Gasteiger partial charge in [0.05, 0.1) is 0 Å². The van der Waals surface area contributed by atoms with Crippen molar-refractivity contribution in [3.05, 3.63) is 0 Å². The Kier molecular flexibility index (Phi) is 4.99. The van der Waals surface area contributed by atoms with E-state index in [1.807, 2.05) is 0 Å². The lowest BCUT2D eigenvalue weighted by atomic mass is 9.89. The minimum absolute atomic E-state index is 0.291. The molecule has 0 aliphatic carbocycles. The highest BCUT2D eigenvalue weighted by Gasteiger charge is 2.22. The Bertz CT molecular complexity index is 179. The molecular formula is C12H23NO. The van der Waals surface area contributed by atoms with Gasteiger partial charge in [0.25, 0.3) is 0 Å². The molecule has 1 heterocycles. The maximum absolute atomic E-state index is 11.6. The van der Waals surface area contributed by atoms with Crippen LogP contribution >= 0.6 is 0 Å². The van der Waals surface area contributed by atoms with Gasteiger partial charge in [0.15, 0.2) is 0 Å². The van der Waals surface area contributed by atoms with E-state index in [0.717, 1.165) is 25.8 Å². The zero-order valence-electron chi connectivity index (χ0n) is 9.51. The molecule has 2 nitrogen and oxygen atoms in total. The summed E-state index contributed by atoms with van der Waals surface area (Å²) in [6, 6.07) is 0. The zero-order valence-corrected chi connectivity index (χ0v) is 9.51. The molecule has 1 saturated heterocycles. The summed E-state index contributed by atoms with van der Waals surface area (Å²) in [5.41, 5.74) is 0. The third-order valence-electron chi connectivity index (χ3n) is 3.12. The quantitative estimate of drug-likeness (QED) is 0.737. The van der Waals surface area contributed by atoms with E-state index in [2.05, 4.69) is 19.2 Å². The van der Waals surface area contributed by atoms with E-state index in [4.69, 9.17) is 0 Å². The Morgan fingerprint density at radius 1 is 1.50 bits per heavy atom. The minimum Gasteiger partial charge on any atom is -0.356 e. The fourth-order valence-corrected chi connectivity index (χ4v) is 2.32. The highest BCUT2D eigenvalue weighted by molar-refractivity contribution is 5.78. The summed E-state index contributed by atoms with van der Waals surface area (Å²) >= 11 is 0. The average molecular weight is 197 g/mol. The molecule has 0 aromatic heterocycles. The first-order chi connectivity index (χ1) is 6.74. The second-order valence-electron chi connectivity index (χ2n) is 4.61. The second kappa shape index (κ2) is 6.05. The third-order valence-corrected chi connectivity index (χ3v) is 3.12. The van der Waals surface area contributed by atoms with Crippen LogP contribution < -0.4 is 5.32 Å². The molecule has 82 valence electrons. The Labute approximate surface area is 87.5 Å². The number of rotatable bonds is 4. The van der Waals surface area contributed by atoms with Crippen molar-refractivity contribution in [1.29, 1.82) is 0 Å². The smallest absolute Gasteiger partial charge is 0.223 e. The summed E-state index contributed by atoms with van der Waals surface area (Å²) in [5.74, 6) is 1.29. The number of nitrogens with one attached hydrogen (secondary N) is 1. The van der Waals surface area contributed by atoms with Crippen LogP contribution in [0.2, 0.25) is 0 Å². The normalized spacial score (nSPS) is 25.3. The van der Waals surface area contributed by atoms with Crippen molar-refractivity contribution in [2.75, 3.05) is 6.54 Å². The van der Waals surface area contributed by atoms with E-state index in [1.54, 1.807) is 0 Å². The van der Waals surface area contributed by atoms with Gasteiger partial charge >= 0.3 is 0 Å². The van der Waals surface area contributed by atoms with Crippen LogP contribution in [0.5, 0.6) is 0 Å². The van der Waals surface area contributed by atoms with Crippen LogP contribution in [0.3, 0.4) is 0 Å². The monoisotopic (exact) mass is 197 g/mol. The molecule has 0 bridgehead atoms. The number of hydrogen-bond donors (Lipinski definition) is 1. The van der Waals surface area contributed by atoms with Crippen LogP contribution in [-0.4, -0.2) is 12.5 Å². The predicted molar refractivity (Wildman–Crippen MR) is 59.0 cm³/mol. The van der Waals surface area contributed by atoms with Crippen molar-refractivity contribution in [2.24, 2.45) is 11.8 Å². The van der Waals surface area contributed by atoms with Gasteiger partial charge in [-0.25, -0.2) is 0 Å². The fraction of sp³-hybridized carbons (Fsp3) is 0.917. The lowest BCUT2D eigenvalue weighted by molar-refractivity contribution is -0.125. The van der Waals surface area contributed by atoms with Gasteiger partial charge in [-0.1, -0.05) is 33.1 Å². The number of amides is 1. The van der Waals surface area contributed by atoms with Gasteiger partial charge in [-0.15, -0.1) is 0 Å². The molecule has 14 heavy (non-hydrogen) atoms. The van der Waals surface area contributed by atoms with Crippen molar-refractivity contribution < 1.29 is 4.79 Å². The molecule has 0 spiro atoms. The summed E-state index contributed by atoms with van der Waals surface area (Å²) in [4.78, 5) is 11.6. The van der Waals surface area contributed by atoms with Crippen molar-refractivity contribution >= 4 is 5.91 Å². The van der Waals surface area contributed by atoms with Crippen LogP contribution in [0.25, 0.3) is 0 Å². The van der Waals surface area contributed by atoms with Crippen LogP contribution in [0.1, 0.15) is 52.4 Å². The van der Waals surface area contributed by atoms with E-state index >= 15 is 0 Å². The van der Waals surface area contributed by atoms with E-state index in [9.17, 15) is 4.79 Å². The maximum Gasteiger partial charge on any atom is 0.223 e. The van der Waals surface area contributed by atoms with Gasteiger partial charge in [-0.05, 0) is 25.2 Å². The highest BCUT2D eigenvalue weighted by Crippen LogP contribution is 2.23. The maximum atomic E-state index is 11.6. The van der Waals surface area contributed by atoms with E-state index in [0.29, 0.717) is 17.7 Å². The summed E-state index contributed by atoms with van der Waals surface area (Å²) in [7, 11) is 0. The number of hydrogen-bond acceptors (Lipinski definition) is 1. The highest BCUT2D eigenvalue weighted by atomic mass is 16.1. The van der Waals surface area contributed by atoms with Gasteiger partial charge < -0.3 is 5.32 Å². The number of carbonyl (C=O) groups excluding carboxylic acids is 1. The Hall–Kier alpha value is -0.530. The molecule has 1 rings (SSSR count). The molecule has 0 aromatic carbocycles. The van der Waals surface area contributed by atoms with E-state index in [-0.39, 0.29) is 0 Å². The molecule has 1 aliphatic rings. The molecule has 1 aliphatic heterocycles. The second-order valence-corrected chi connectivity index (χ2v) is 4.61. The summed E-state index contributed by atoms with van der Waals surface area (Å²) in [5, 5.41) is 3.00. The van der Waals surface area contributed by atoms with Gasteiger partial charge in [-0.3, -0.25) is 4.79 Å². The molecule has 0 radical (unpaired) electrons. The molecule has 0 aromatic rings. The molecule has 2 heteroatoms. The lowest BCUT2D eigenvalue weighted by Crippen LogP contribution is -2.29.